The van der Waals surface area contributed by atoms with E-state index in [0.29, 0.717) is 18.4 Å². The average molecular weight is 544 g/mol. The molecule has 0 bridgehead atoms. The minimum Gasteiger partial charge on any atom is -0.466 e. The predicted octanol–water partition coefficient (Wildman–Crippen LogP) is 5.23. The van der Waals surface area contributed by atoms with Gasteiger partial charge in [0.2, 0.25) is 5.91 Å². The first kappa shape index (κ1) is 34.5. The van der Waals surface area contributed by atoms with Crippen LogP contribution in [0.25, 0.3) is 0 Å². The third-order valence-corrected chi connectivity index (χ3v) is 6.61. The summed E-state index contributed by atoms with van der Waals surface area (Å²) in [7, 11) is -4.73. The lowest BCUT2D eigenvalue weighted by molar-refractivity contribution is -0.150. The van der Waals surface area contributed by atoms with E-state index in [-0.39, 0.29) is 19.1 Å². The summed E-state index contributed by atoms with van der Waals surface area (Å²) < 4.78 is 42.0. The van der Waals surface area contributed by atoms with Crippen LogP contribution in [0.3, 0.4) is 0 Å². The Morgan fingerprint density at radius 1 is 0.784 bits per heavy atom. The summed E-state index contributed by atoms with van der Waals surface area (Å²) in [4.78, 5) is 34.2. The molecule has 0 aromatic heterocycles. The zero-order valence-corrected chi connectivity index (χ0v) is 23.2. The summed E-state index contributed by atoms with van der Waals surface area (Å²) in [5, 5.41) is -1.93. The average Bonchev–Trinajstić information content (AvgIpc) is 2.86. The van der Waals surface area contributed by atoms with E-state index in [9.17, 15) is 27.4 Å². The van der Waals surface area contributed by atoms with E-state index in [1.54, 1.807) is 24.3 Å². The molecule has 0 saturated carbocycles. The van der Waals surface area contributed by atoms with E-state index in [1.807, 2.05) is 6.07 Å². The Labute approximate surface area is 222 Å². The van der Waals surface area contributed by atoms with Crippen molar-refractivity contribution in [2.75, 3.05) is 13.2 Å². The van der Waals surface area contributed by atoms with Gasteiger partial charge in [0.05, 0.1) is 19.6 Å². The quantitative estimate of drug-likeness (QED) is 0.137. The zero-order valence-electron chi connectivity index (χ0n) is 22.4. The Bertz CT molecular complexity index is 858. The predicted molar refractivity (Wildman–Crippen MR) is 144 cm³/mol. The van der Waals surface area contributed by atoms with Crippen LogP contribution >= 0.6 is 0 Å². The first-order valence-corrected chi connectivity index (χ1v) is 14.8. The molecular formula is C27H45NO8S. The smallest absolute Gasteiger partial charge is 0.327 e. The first-order valence-electron chi connectivity index (χ1n) is 13.3. The Morgan fingerprint density at radius 2 is 1.24 bits per heavy atom. The molecule has 9 nitrogen and oxygen atoms in total. The molecule has 0 saturated heterocycles. The topological polar surface area (TPSA) is 150 Å². The SMILES string of the molecule is CCCCCCCCOC(=O)CC(C(=O)OCCCCCCCC)S(=O)(=O)O.NC(=O)c1ccccc1. The van der Waals surface area contributed by atoms with E-state index in [1.165, 1.54) is 6.42 Å². The fourth-order valence-electron chi connectivity index (χ4n) is 3.34. The van der Waals surface area contributed by atoms with Crippen molar-refractivity contribution in [3.8, 4) is 0 Å². The van der Waals surface area contributed by atoms with Crippen molar-refractivity contribution in [1.82, 2.24) is 0 Å². The minimum atomic E-state index is -4.73. The maximum absolute atomic E-state index is 12.0. The number of nitrogens with two attached hydrogens (primary N) is 1. The van der Waals surface area contributed by atoms with Gasteiger partial charge in [-0.3, -0.25) is 18.9 Å². The van der Waals surface area contributed by atoms with Crippen molar-refractivity contribution >= 4 is 28.0 Å². The molecule has 0 aliphatic carbocycles. The second-order valence-electron chi connectivity index (χ2n) is 8.86. The van der Waals surface area contributed by atoms with Crippen LogP contribution in [0.4, 0.5) is 0 Å². The molecule has 0 spiro atoms. The van der Waals surface area contributed by atoms with Crippen molar-refractivity contribution < 1.29 is 36.8 Å². The standard InChI is InChI=1S/C20H38O7S.C7H7NO/c1-3-5-7-9-11-13-15-26-19(21)17-18(28(23,24)25)20(22)27-16-14-12-10-8-6-4-2;8-7(9)6-4-2-1-3-5-6/h18H,3-17H2,1-2H3,(H,23,24,25);1-5H,(H2,8,9). The fraction of sp³-hybridized carbons (Fsp3) is 0.667. The van der Waals surface area contributed by atoms with E-state index in [2.05, 4.69) is 13.8 Å². The number of benzene rings is 1. The third kappa shape index (κ3) is 19.3. The molecule has 1 amide bonds. The summed E-state index contributed by atoms with van der Waals surface area (Å²) in [6, 6.07) is 8.76. The fourth-order valence-corrected chi connectivity index (χ4v) is 4.00. The first-order chi connectivity index (χ1) is 17.6. The lowest BCUT2D eigenvalue weighted by Crippen LogP contribution is -2.34. The number of unbranched alkanes of at least 4 members (excludes halogenated alkanes) is 10. The number of hydrogen-bond acceptors (Lipinski definition) is 7. The third-order valence-electron chi connectivity index (χ3n) is 5.54. The number of carbonyl (C=O) groups is 3. The molecule has 3 N–H and O–H groups in total. The molecule has 10 heteroatoms. The number of hydrogen-bond donors (Lipinski definition) is 2. The van der Waals surface area contributed by atoms with Gasteiger partial charge < -0.3 is 15.2 Å². The largest absolute Gasteiger partial charge is 0.466 e. The van der Waals surface area contributed by atoms with Gasteiger partial charge in [0.1, 0.15) is 0 Å². The molecule has 1 rings (SSSR count). The monoisotopic (exact) mass is 543 g/mol. The van der Waals surface area contributed by atoms with Crippen molar-refractivity contribution in [1.29, 1.82) is 0 Å². The highest BCUT2D eigenvalue weighted by molar-refractivity contribution is 7.87. The van der Waals surface area contributed by atoms with Crippen molar-refractivity contribution in [3.63, 3.8) is 0 Å². The highest BCUT2D eigenvalue weighted by Crippen LogP contribution is 2.11. The van der Waals surface area contributed by atoms with E-state index < -0.39 is 33.7 Å². The lowest BCUT2D eigenvalue weighted by atomic mass is 10.1. The highest BCUT2D eigenvalue weighted by atomic mass is 32.2. The van der Waals surface area contributed by atoms with Crippen molar-refractivity contribution in [2.45, 2.75) is 103 Å². The van der Waals surface area contributed by atoms with Crippen LogP contribution in [0.5, 0.6) is 0 Å². The Hall–Kier alpha value is -2.46. The molecule has 1 aromatic carbocycles. The van der Waals surface area contributed by atoms with Gasteiger partial charge in [-0.1, -0.05) is 96.3 Å². The second kappa shape index (κ2) is 21.6. The van der Waals surface area contributed by atoms with Gasteiger partial charge >= 0.3 is 11.9 Å². The molecule has 0 fully saturated rings. The van der Waals surface area contributed by atoms with Gasteiger partial charge in [-0.25, -0.2) is 0 Å². The summed E-state index contributed by atoms with van der Waals surface area (Å²) >= 11 is 0. The summed E-state index contributed by atoms with van der Waals surface area (Å²) in [5.74, 6) is -2.31. The van der Waals surface area contributed by atoms with Crippen LogP contribution in [-0.4, -0.2) is 49.3 Å². The van der Waals surface area contributed by atoms with Crippen LogP contribution in [0.15, 0.2) is 30.3 Å². The molecular weight excluding hydrogens is 498 g/mol. The number of carbonyl (C=O) groups excluding carboxylic acids is 3. The summed E-state index contributed by atoms with van der Waals surface area (Å²) in [6.45, 7) is 4.50. The molecule has 0 radical (unpaired) electrons. The Balaban J connectivity index is 0.00000120. The van der Waals surface area contributed by atoms with Gasteiger partial charge in [0.25, 0.3) is 10.1 Å². The second-order valence-corrected chi connectivity index (χ2v) is 10.5. The van der Waals surface area contributed by atoms with Gasteiger partial charge in [-0.15, -0.1) is 0 Å². The van der Waals surface area contributed by atoms with Gasteiger partial charge in [-0.05, 0) is 25.0 Å². The van der Waals surface area contributed by atoms with Gasteiger partial charge in [0.15, 0.2) is 5.25 Å². The number of esters is 2. The molecule has 0 aliphatic heterocycles. The molecule has 1 aromatic rings. The summed E-state index contributed by atoms with van der Waals surface area (Å²) in [6.07, 6.45) is 11.3. The zero-order chi connectivity index (χ0) is 27.9. The minimum absolute atomic E-state index is 0.0732. The molecule has 1 unspecified atom stereocenters. The lowest BCUT2D eigenvalue weighted by Gasteiger charge is -2.13. The van der Waals surface area contributed by atoms with Crippen LogP contribution in [0, 0.1) is 0 Å². The maximum atomic E-state index is 12.0. The molecule has 212 valence electrons. The van der Waals surface area contributed by atoms with Crippen LogP contribution in [-0.2, 0) is 29.2 Å². The van der Waals surface area contributed by atoms with E-state index in [0.717, 1.165) is 57.8 Å². The number of rotatable bonds is 19. The molecule has 1 atom stereocenters. The van der Waals surface area contributed by atoms with Gasteiger partial charge in [0, 0.05) is 5.56 Å². The Kier molecular flexibility index (Phi) is 20.2. The van der Waals surface area contributed by atoms with Crippen molar-refractivity contribution in [3.05, 3.63) is 35.9 Å². The summed E-state index contributed by atoms with van der Waals surface area (Å²) in [5.41, 5.74) is 5.53. The molecule has 0 aliphatic rings. The van der Waals surface area contributed by atoms with Crippen LogP contribution < -0.4 is 5.73 Å². The highest BCUT2D eigenvalue weighted by Gasteiger charge is 2.35. The van der Waals surface area contributed by atoms with E-state index >= 15 is 0 Å². The van der Waals surface area contributed by atoms with Gasteiger partial charge in [-0.2, -0.15) is 8.42 Å². The normalized spacial score (nSPS) is 11.6. The molecule has 37 heavy (non-hydrogen) atoms. The number of amides is 1. The molecule has 0 heterocycles. The maximum Gasteiger partial charge on any atom is 0.327 e. The van der Waals surface area contributed by atoms with E-state index in [4.69, 9.17) is 15.2 Å². The Morgan fingerprint density at radius 3 is 1.68 bits per heavy atom. The number of primary amides is 1. The van der Waals surface area contributed by atoms with Crippen LogP contribution in [0.2, 0.25) is 0 Å². The van der Waals surface area contributed by atoms with Crippen molar-refractivity contribution in [2.24, 2.45) is 5.73 Å². The number of ether oxygens (including phenoxy) is 2. The van der Waals surface area contributed by atoms with Crippen LogP contribution in [0.1, 0.15) is 108 Å².